The lowest BCUT2D eigenvalue weighted by Crippen LogP contribution is -2.23. The van der Waals surface area contributed by atoms with Gasteiger partial charge in [-0.3, -0.25) is 0 Å². The molecule has 1 unspecified atom stereocenters. The molecule has 1 aromatic carbocycles. The van der Waals surface area contributed by atoms with E-state index in [9.17, 15) is 5.11 Å². The van der Waals surface area contributed by atoms with Crippen LogP contribution in [0.5, 0.6) is 5.75 Å². The summed E-state index contributed by atoms with van der Waals surface area (Å²) >= 11 is 0. The molecule has 0 bridgehead atoms. The first-order chi connectivity index (χ1) is 7.78. The molecule has 16 heavy (non-hydrogen) atoms. The van der Waals surface area contributed by atoms with Crippen molar-refractivity contribution < 1.29 is 9.84 Å². The van der Waals surface area contributed by atoms with E-state index in [0.717, 1.165) is 30.6 Å². The molecule has 0 saturated heterocycles. The number of hydrogen-bond acceptors (Lipinski definition) is 2. The van der Waals surface area contributed by atoms with E-state index in [-0.39, 0.29) is 12.7 Å². The monoisotopic (exact) mass is 216 g/mol. The summed E-state index contributed by atoms with van der Waals surface area (Å²) in [5.41, 5.74) is 4.78. The van der Waals surface area contributed by atoms with Gasteiger partial charge >= 0.3 is 0 Å². The Balaban J connectivity index is 2.08. The summed E-state index contributed by atoms with van der Waals surface area (Å²) in [4.78, 5) is 0. The Morgan fingerprint density at radius 3 is 3.12 bits per heavy atom. The van der Waals surface area contributed by atoms with E-state index in [0.29, 0.717) is 0 Å². The highest BCUT2D eigenvalue weighted by atomic mass is 16.5. The molecule has 3 rings (SSSR count). The van der Waals surface area contributed by atoms with Crippen molar-refractivity contribution in [3.8, 4) is 5.75 Å². The lowest BCUT2D eigenvalue weighted by atomic mass is 9.94. The number of rotatable bonds is 1. The third-order valence-electron chi connectivity index (χ3n) is 3.46. The van der Waals surface area contributed by atoms with Crippen molar-refractivity contribution in [1.82, 2.24) is 0 Å². The van der Waals surface area contributed by atoms with Crippen LogP contribution in [0.4, 0.5) is 0 Å². The SMILES string of the molecule is Cc1cc(CO)c2c(c1)CC1=CCCC1O2. The zero-order valence-corrected chi connectivity index (χ0v) is 9.49. The minimum Gasteiger partial charge on any atom is -0.485 e. The van der Waals surface area contributed by atoms with Crippen LogP contribution >= 0.6 is 0 Å². The number of aliphatic hydroxyl groups excluding tert-OH is 1. The van der Waals surface area contributed by atoms with Crippen LogP contribution in [-0.2, 0) is 13.0 Å². The first kappa shape index (κ1) is 9.91. The van der Waals surface area contributed by atoms with Gasteiger partial charge in [-0.15, -0.1) is 0 Å². The van der Waals surface area contributed by atoms with Crippen LogP contribution in [0, 0.1) is 6.92 Å². The van der Waals surface area contributed by atoms with Crippen molar-refractivity contribution in [1.29, 1.82) is 0 Å². The molecule has 0 amide bonds. The lowest BCUT2D eigenvalue weighted by Gasteiger charge is -2.27. The van der Waals surface area contributed by atoms with E-state index >= 15 is 0 Å². The summed E-state index contributed by atoms with van der Waals surface area (Å²) in [6.07, 6.45) is 5.78. The minimum atomic E-state index is 0.0653. The summed E-state index contributed by atoms with van der Waals surface area (Å²) < 4.78 is 6.00. The summed E-state index contributed by atoms with van der Waals surface area (Å²) in [6.45, 7) is 2.13. The molecule has 2 aliphatic rings. The van der Waals surface area contributed by atoms with Crippen molar-refractivity contribution in [2.75, 3.05) is 0 Å². The fourth-order valence-electron chi connectivity index (χ4n) is 2.75. The topological polar surface area (TPSA) is 29.5 Å². The van der Waals surface area contributed by atoms with Crippen LogP contribution < -0.4 is 4.74 Å². The average Bonchev–Trinajstić information content (AvgIpc) is 2.72. The van der Waals surface area contributed by atoms with Crippen LogP contribution in [0.1, 0.15) is 29.5 Å². The molecule has 1 aliphatic carbocycles. The van der Waals surface area contributed by atoms with Gasteiger partial charge in [0.15, 0.2) is 0 Å². The normalized spacial score (nSPS) is 22.1. The van der Waals surface area contributed by atoms with E-state index in [2.05, 4.69) is 19.1 Å². The molecular formula is C14H16O2. The molecule has 1 aromatic rings. The number of ether oxygens (including phenoxy) is 1. The number of allylic oxidation sites excluding steroid dienone is 1. The van der Waals surface area contributed by atoms with E-state index in [4.69, 9.17) is 4.74 Å². The first-order valence-electron chi connectivity index (χ1n) is 5.87. The summed E-state index contributed by atoms with van der Waals surface area (Å²) in [5.74, 6) is 0.928. The van der Waals surface area contributed by atoms with Crippen molar-refractivity contribution in [3.63, 3.8) is 0 Å². The van der Waals surface area contributed by atoms with Crippen LogP contribution in [0.15, 0.2) is 23.8 Å². The van der Waals surface area contributed by atoms with Gasteiger partial charge in [0, 0.05) is 12.0 Å². The maximum absolute atomic E-state index is 9.36. The van der Waals surface area contributed by atoms with Gasteiger partial charge in [0.1, 0.15) is 11.9 Å². The van der Waals surface area contributed by atoms with Crippen LogP contribution in [0.25, 0.3) is 0 Å². The molecule has 1 N–H and O–H groups in total. The molecule has 1 atom stereocenters. The highest BCUT2D eigenvalue weighted by Crippen LogP contribution is 2.38. The Bertz CT molecular complexity index is 460. The van der Waals surface area contributed by atoms with Gasteiger partial charge in [0.05, 0.1) is 6.61 Å². The number of aliphatic hydroxyl groups is 1. The quantitative estimate of drug-likeness (QED) is 0.731. The standard InChI is InChI=1S/C14H16O2/c1-9-5-11-7-10-3-2-4-13(10)16-14(11)12(6-9)8-15/h3,5-6,13,15H,2,4,7-8H2,1H3. The second kappa shape index (κ2) is 3.63. The molecule has 2 heteroatoms. The first-order valence-corrected chi connectivity index (χ1v) is 5.87. The number of hydrogen-bond donors (Lipinski definition) is 1. The Morgan fingerprint density at radius 1 is 1.44 bits per heavy atom. The highest BCUT2D eigenvalue weighted by molar-refractivity contribution is 5.49. The van der Waals surface area contributed by atoms with E-state index in [1.165, 1.54) is 16.7 Å². The number of aryl methyl sites for hydroxylation is 1. The fraction of sp³-hybridized carbons (Fsp3) is 0.429. The predicted molar refractivity (Wildman–Crippen MR) is 62.5 cm³/mol. The average molecular weight is 216 g/mol. The zero-order valence-electron chi connectivity index (χ0n) is 9.49. The van der Waals surface area contributed by atoms with Crippen molar-refractivity contribution in [2.24, 2.45) is 0 Å². The smallest absolute Gasteiger partial charge is 0.129 e. The molecule has 0 radical (unpaired) electrons. The largest absolute Gasteiger partial charge is 0.485 e. The van der Waals surface area contributed by atoms with Crippen LogP contribution in [0.3, 0.4) is 0 Å². The highest BCUT2D eigenvalue weighted by Gasteiger charge is 2.28. The van der Waals surface area contributed by atoms with Gasteiger partial charge in [-0.1, -0.05) is 23.8 Å². The van der Waals surface area contributed by atoms with E-state index < -0.39 is 0 Å². The summed E-state index contributed by atoms with van der Waals surface area (Å²) in [6, 6.07) is 4.19. The van der Waals surface area contributed by atoms with E-state index in [1.54, 1.807) is 0 Å². The minimum absolute atomic E-state index is 0.0653. The zero-order chi connectivity index (χ0) is 11.1. The third-order valence-corrected chi connectivity index (χ3v) is 3.46. The number of benzene rings is 1. The lowest BCUT2D eigenvalue weighted by molar-refractivity contribution is 0.208. The molecule has 1 heterocycles. The van der Waals surface area contributed by atoms with Gasteiger partial charge < -0.3 is 9.84 Å². The maximum Gasteiger partial charge on any atom is 0.129 e. The second-order valence-electron chi connectivity index (χ2n) is 4.71. The molecule has 0 saturated carbocycles. The fourth-order valence-corrected chi connectivity index (χ4v) is 2.75. The Kier molecular flexibility index (Phi) is 2.25. The summed E-state index contributed by atoms with van der Waals surface area (Å²) in [7, 11) is 0. The molecule has 0 aromatic heterocycles. The van der Waals surface area contributed by atoms with E-state index in [1.807, 2.05) is 6.07 Å². The van der Waals surface area contributed by atoms with Gasteiger partial charge in [0.25, 0.3) is 0 Å². The Morgan fingerprint density at radius 2 is 2.31 bits per heavy atom. The van der Waals surface area contributed by atoms with Crippen molar-refractivity contribution in [3.05, 3.63) is 40.5 Å². The van der Waals surface area contributed by atoms with Crippen molar-refractivity contribution in [2.45, 2.75) is 38.9 Å². The van der Waals surface area contributed by atoms with Crippen LogP contribution in [-0.4, -0.2) is 11.2 Å². The van der Waals surface area contributed by atoms with Gasteiger partial charge in [0.2, 0.25) is 0 Å². The molecule has 1 aliphatic heterocycles. The molecular weight excluding hydrogens is 200 g/mol. The predicted octanol–water partition coefficient (Wildman–Crippen LogP) is 2.51. The van der Waals surface area contributed by atoms with Crippen molar-refractivity contribution >= 4 is 0 Å². The molecule has 0 fully saturated rings. The van der Waals surface area contributed by atoms with Gasteiger partial charge in [-0.05, 0) is 30.9 Å². The molecule has 2 nitrogen and oxygen atoms in total. The second-order valence-corrected chi connectivity index (χ2v) is 4.71. The third kappa shape index (κ3) is 1.45. The summed E-state index contributed by atoms with van der Waals surface area (Å²) in [5, 5.41) is 9.36. The molecule has 0 spiro atoms. The Hall–Kier alpha value is -1.28. The van der Waals surface area contributed by atoms with Crippen LogP contribution in [0.2, 0.25) is 0 Å². The van der Waals surface area contributed by atoms with Gasteiger partial charge in [-0.25, -0.2) is 0 Å². The number of fused-ring (bicyclic) bond motifs is 2. The Labute approximate surface area is 95.6 Å². The maximum atomic E-state index is 9.36. The molecule has 84 valence electrons. The van der Waals surface area contributed by atoms with Gasteiger partial charge in [-0.2, -0.15) is 0 Å².